The minimum absolute atomic E-state index is 0.108. The van der Waals surface area contributed by atoms with Gasteiger partial charge >= 0.3 is 12.1 Å². The van der Waals surface area contributed by atoms with Crippen molar-refractivity contribution in [3.05, 3.63) is 39.9 Å². The number of benzene rings is 1. The Morgan fingerprint density at radius 1 is 1.25 bits per heavy atom. The van der Waals surface area contributed by atoms with Crippen LogP contribution in [0.2, 0.25) is 0 Å². The summed E-state index contributed by atoms with van der Waals surface area (Å²) >= 11 is 0. The summed E-state index contributed by atoms with van der Waals surface area (Å²) in [6.45, 7) is 3.03. The fraction of sp³-hybridized carbons (Fsp3) is 0.417. The zero-order chi connectivity index (χ0) is 15.6. The van der Waals surface area contributed by atoms with Gasteiger partial charge in [-0.2, -0.15) is 13.2 Å². The van der Waals surface area contributed by atoms with Crippen molar-refractivity contribution in [2.45, 2.75) is 25.4 Å². The Bertz CT molecular complexity index is 510. The van der Waals surface area contributed by atoms with Crippen molar-refractivity contribution >= 4 is 11.6 Å². The van der Waals surface area contributed by atoms with E-state index in [2.05, 4.69) is 0 Å². The second kappa shape index (κ2) is 5.48. The maximum absolute atomic E-state index is 12.1. The molecule has 0 heterocycles. The van der Waals surface area contributed by atoms with E-state index in [4.69, 9.17) is 0 Å². The van der Waals surface area contributed by atoms with E-state index in [0.29, 0.717) is 5.56 Å². The van der Waals surface area contributed by atoms with Crippen LogP contribution in [0.15, 0.2) is 24.3 Å². The van der Waals surface area contributed by atoms with E-state index in [1.165, 1.54) is 24.3 Å². The number of nitro benzene ring substituents is 1. The molecule has 8 heteroatoms. The summed E-state index contributed by atoms with van der Waals surface area (Å²) in [5, 5.41) is 12.3. The maximum Gasteiger partial charge on any atom is 0.471 e. The van der Waals surface area contributed by atoms with Crippen molar-refractivity contribution in [3.8, 4) is 0 Å². The number of amides is 1. The van der Waals surface area contributed by atoms with Crippen molar-refractivity contribution in [3.63, 3.8) is 0 Å². The number of nitro groups is 1. The average Bonchev–Trinajstić information content (AvgIpc) is 2.35. The van der Waals surface area contributed by atoms with Gasteiger partial charge in [0.15, 0.2) is 0 Å². The molecule has 1 aromatic rings. The molecule has 20 heavy (non-hydrogen) atoms. The molecule has 1 rings (SSSR count). The second-order valence-electron chi connectivity index (χ2n) is 4.87. The molecule has 0 aliphatic carbocycles. The van der Waals surface area contributed by atoms with Gasteiger partial charge in [0.2, 0.25) is 0 Å². The van der Waals surface area contributed by atoms with Gasteiger partial charge in [-0.15, -0.1) is 0 Å². The number of non-ortho nitro benzene ring substituents is 1. The number of hydrogen-bond acceptors (Lipinski definition) is 3. The molecule has 0 saturated heterocycles. The number of nitrogens with one attached hydrogen (secondary N) is 1. The molecule has 0 unspecified atom stereocenters. The van der Waals surface area contributed by atoms with E-state index in [1.807, 2.05) is 0 Å². The summed E-state index contributed by atoms with van der Waals surface area (Å²) in [5.74, 6) is -2.01. The van der Waals surface area contributed by atoms with Gasteiger partial charge in [0.25, 0.3) is 5.69 Å². The van der Waals surface area contributed by atoms with Crippen LogP contribution in [0.4, 0.5) is 18.9 Å². The van der Waals surface area contributed by atoms with Crippen molar-refractivity contribution in [1.29, 1.82) is 0 Å². The Morgan fingerprint density at radius 2 is 1.75 bits per heavy atom. The lowest BCUT2D eigenvalue weighted by Crippen LogP contribution is -2.43. The molecule has 5 nitrogen and oxygen atoms in total. The molecule has 0 atom stereocenters. The van der Waals surface area contributed by atoms with Gasteiger partial charge in [-0.1, -0.05) is 26.0 Å². The topological polar surface area (TPSA) is 72.2 Å². The van der Waals surface area contributed by atoms with E-state index in [0.717, 1.165) is 0 Å². The molecule has 0 bridgehead atoms. The van der Waals surface area contributed by atoms with Gasteiger partial charge in [-0.3, -0.25) is 14.9 Å². The molecule has 0 aliphatic heterocycles. The summed E-state index contributed by atoms with van der Waals surface area (Å²) < 4.78 is 36.2. The first kappa shape index (κ1) is 15.9. The molecule has 1 amide bonds. The summed E-state index contributed by atoms with van der Waals surface area (Å²) in [4.78, 5) is 20.7. The molecular formula is C12H13F3N2O3. The lowest BCUT2D eigenvalue weighted by Gasteiger charge is -2.25. The highest BCUT2D eigenvalue weighted by Crippen LogP contribution is 2.25. The Hall–Kier alpha value is -2.12. The molecule has 0 aliphatic rings. The first-order valence-corrected chi connectivity index (χ1v) is 5.64. The van der Waals surface area contributed by atoms with E-state index < -0.39 is 22.4 Å². The van der Waals surface area contributed by atoms with Gasteiger partial charge in [0.05, 0.1) is 4.92 Å². The van der Waals surface area contributed by atoms with Gasteiger partial charge < -0.3 is 5.32 Å². The minimum atomic E-state index is -4.93. The Balaban J connectivity index is 2.78. The Morgan fingerprint density at radius 3 is 2.15 bits per heavy atom. The molecule has 110 valence electrons. The minimum Gasteiger partial charge on any atom is -0.347 e. The van der Waals surface area contributed by atoms with Gasteiger partial charge in [-0.25, -0.2) is 0 Å². The highest BCUT2D eigenvalue weighted by molar-refractivity contribution is 5.81. The third-order valence-electron chi connectivity index (χ3n) is 2.81. The molecule has 1 N–H and O–H groups in total. The van der Waals surface area contributed by atoms with Gasteiger partial charge in [0, 0.05) is 24.1 Å². The normalized spacial score (nSPS) is 12.1. The third kappa shape index (κ3) is 3.94. The van der Waals surface area contributed by atoms with E-state index in [-0.39, 0.29) is 12.2 Å². The fourth-order valence-electron chi connectivity index (χ4n) is 1.54. The molecule has 0 fully saturated rings. The smallest absolute Gasteiger partial charge is 0.347 e. The molecule has 0 spiro atoms. The zero-order valence-corrected chi connectivity index (χ0v) is 10.8. The lowest BCUT2D eigenvalue weighted by atomic mass is 9.84. The largest absolute Gasteiger partial charge is 0.471 e. The van der Waals surface area contributed by atoms with Crippen LogP contribution in [0, 0.1) is 10.1 Å². The van der Waals surface area contributed by atoms with Gasteiger partial charge in [-0.05, 0) is 5.56 Å². The zero-order valence-electron chi connectivity index (χ0n) is 10.8. The molecule has 1 aromatic carbocycles. The van der Waals surface area contributed by atoms with Crippen molar-refractivity contribution < 1.29 is 22.9 Å². The van der Waals surface area contributed by atoms with E-state index >= 15 is 0 Å². The Kier molecular flexibility index (Phi) is 4.36. The molecular weight excluding hydrogens is 277 g/mol. The first-order valence-electron chi connectivity index (χ1n) is 5.64. The molecule has 0 aromatic heterocycles. The van der Waals surface area contributed by atoms with Crippen LogP contribution in [-0.4, -0.2) is 23.6 Å². The SMILES string of the molecule is CC(C)(CNC(=O)C(F)(F)F)c1ccc([N+](=O)[O-])cc1. The quantitative estimate of drug-likeness (QED) is 0.684. The number of carbonyl (C=O) groups is 1. The van der Waals surface area contributed by atoms with Crippen LogP contribution in [0.3, 0.4) is 0 Å². The highest BCUT2D eigenvalue weighted by atomic mass is 19.4. The average molecular weight is 290 g/mol. The third-order valence-corrected chi connectivity index (χ3v) is 2.81. The second-order valence-corrected chi connectivity index (χ2v) is 4.87. The summed E-state index contributed by atoms with van der Waals surface area (Å²) in [6.07, 6.45) is -4.93. The summed E-state index contributed by atoms with van der Waals surface area (Å²) in [6, 6.07) is 5.45. The number of hydrogen-bond donors (Lipinski definition) is 1. The number of carbonyl (C=O) groups excluding carboxylic acids is 1. The van der Waals surface area contributed by atoms with Crippen molar-refractivity contribution in [2.24, 2.45) is 0 Å². The van der Waals surface area contributed by atoms with Crippen LogP contribution in [0.1, 0.15) is 19.4 Å². The van der Waals surface area contributed by atoms with Crippen LogP contribution in [0.5, 0.6) is 0 Å². The monoisotopic (exact) mass is 290 g/mol. The van der Waals surface area contributed by atoms with Gasteiger partial charge in [0.1, 0.15) is 0 Å². The number of alkyl halides is 3. The number of rotatable bonds is 4. The van der Waals surface area contributed by atoms with E-state index in [1.54, 1.807) is 19.2 Å². The number of halogens is 3. The molecule has 0 saturated carbocycles. The first-order chi connectivity index (χ1) is 9.04. The standard InChI is InChI=1S/C12H13F3N2O3/c1-11(2,7-16-10(18)12(13,14)15)8-3-5-9(6-4-8)17(19)20/h3-6H,7H2,1-2H3,(H,16,18). The predicted molar refractivity (Wildman–Crippen MR) is 65.2 cm³/mol. The van der Waals surface area contributed by atoms with Crippen LogP contribution in [-0.2, 0) is 10.2 Å². The van der Waals surface area contributed by atoms with Crippen molar-refractivity contribution in [1.82, 2.24) is 5.32 Å². The van der Waals surface area contributed by atoms with E-state index in [9.17, 15) is 28.1 Å². The summed E-state index contributed by atoms with van der Waals surface area (Å²) in [5.41, 5.74) is -0.301. The fourth-order valence-corrected chi connectivity index (χ4v) is 1.54. The van der Waals surface area contributed by atoms with Crippen LogP contribution < -0.4 is 5.32 Å². The van der Waals surface area contributed by atoms with Crippen LogP contribution >= 0.6 is 0 Å². The molecule has 0 radical (unpaired) electrons. The maximum atomic E-state index is 12.1. The predicted octanol–water partition coefficient (Wildman–Crippen LogP) is 2.55. The van der Waals surface area contributed by atoms with Crippen LogP contribution in [0.25, 0.3) is 0 Å². The Labute approximate surface area is 112 Å². The highest BCUT2D eigenvalue weighted by Gasteiger charge is 2.39. The summed E-state index contributed by atoms with van der Waals surface area (Å²) in [7, 11) is 0. The van der Waals surface area contributed by atoms with Crippen molar-refractivity contribution in [2.75, 3.05) is 6.54 Å². The number of nitrogens with zero attached hydrogens (tertiary/aromatic N) is 1. The lowest BCUT2D eigenvalue weighted by molar-refractivity contribution is -0.384.